The molecule has 6 nitrogen and oxygen atoms in total. The Balaban J connectivity index is 1.11. The van der Waals surface area contributed by atoms with Crippen molar-refractivity contribution in [3.05, 3.63) is 69.9 Å². The molecule has 3 fully saturated rings. The minimum atomic E-state index is -0.964. The number of oxime groups is 1. The lowest BCUT2D eigenvalue weighted by atomic mass is 9.49. The molecule has 0 aliphatic heterocycles. The normalized spacial score (nSPS) is 33.5. The Kier molecular flexibility index (Phi) is 6.21. The zero-order valence-electron chi connectivity index (χ0n) is 23.5. The number of hydrogen-bond acceptors (Lipinski definition) is 5. The smallest absolute Gasteiger partial charge is 0.367 e. The predicted octanol–water partition coefficient (Wildman–Crippen LogP) is 6.52. The fourth-order valence-electron chi connectivity index (χ4n) is 9.31. The molecule has 1 aromatic heterocycles. The van der Waals surface area contributed by atoms with E-state index in [-0.39, 0.29) is 10.8 Å². The highest BCUT2D eigenvalue weighted by molar-refractivity contribution is 6.06. The number of aromatic nitrogens is 1. The first kappa shape index (κ1) is 26.2. The molecule has 0 radical (unpaired) electrons. The summed E-state index contributed by atoms with van der Waals surface area (Å²) < 4.78 is 0. The van der Waals surface area contributed by atoms with Gasteiger partial charge in [-0.1, -0.05) is 41.8 Å². The fraction of sp³-hybridized carbons (Fsp3) is 0.457. The van der Waals surface area contributed by atoms with Gasteiger partial charge in [0.2, 0.25) is 0 Å². The lowest BCUT2D eigenvalue weighted by Gasteiger charge is -2.56. The second-order valence-electron chi connectivity index (χ2n) is 12.6. The van der Waals surface area contributed by atoms with E-state index >= 15 is 0 Å². The van der Waals surface area contributed by atoms with Gasteiger partial charge in [-0.3, -0.25) is 4.79 Å². The van der Waals surface area contributed by atoms with Crippen molar-refractivity contribution in [2.75, 3.05) is 0 Å². The molecule has 2 N–H and O–H groups in total. The third kappa shape index (κ3) is 3.85. The third-order valence-corrected chi connectivity index (χ3v) is 11.2. The van der Waals surface area contributed by atoms with Crippen molar-refractivity contribution in [1.29, 1.82) is 0 Å². The van der Waals surface area contributed by atoms with E-state index in [1.165, 1.54) is 5.57 Å². The van der Waals surface area contributed by atoms with Crippen LogP contribution >= 0.6 is 0 Å². The molecular weight excluding hydrogens is 512 g/mol. The van der Waals surface area contributed by atoms with Crippen LogP contribution < -0.4 is 5.43 Å². The highest BCUT2D eigenvalue weighted by Gasteiger charge is 2.63. The van der Waals surface area contributed by atoms with Crippen LogP contribution in [0.25, 0.3) is 21.8 Å². The van der Waals surface area contributed by atoms with Crippen molar-refractivity contribution < 1.29 is 14.7 Å². The average molecular weight is 549 g/mol. The van der Waals surface area contributed by atoms with Gasteiger partial charge in [0.25, 0.3) is 0 Å². The maximum atomic E-state index is 13.2. The molecule has 0 spiro atoms. The molecule has 7 rings (SSSR count). The molecule has 3 saturated carbocycles. The zero-order valence-corrected chi connectivity index (χ0v) is 23.5. The first-order chi connectivity index (χ1) is 19.9. The fourth-order valence-corrected chi connectivity index (χ4v) is 9.31. The van der Waals surface area contributed by atoms with Crippen molar-refractivity contribution in [2.24, 2.45) is 34.2 Å². The van der Waals surface area contributed by atoms with E-state index in [4.69, 9.17) is 11.3 Å². The average Bonchev–Trinajstić information content (AvgIpc) is 3.32. The topological polar surface area (TPSA) is 91.8 Å². The van der Waals surface area contributed by atoms with Gasteiger partial charge in [0.05, 0.1) is 16.8 Å². The number of terminal acetylenes is 1. The molecule has 4 aliphatic rings. The number of nitrogens with one attached hydrogen (secondary N) is 1. The van der Waals surface area contributed by atoms with Crippen molar-refractivity contribution in [2.45, 2.75) is 70.3 Å². The second kappa shape index (κ2) is 9.70. The molecular formula is C35H36N2O4. The maximum Gasteiger partial charge on any atom is 0.367 e. The molecule has 2 aromatic carbocycles. The summed E-state index contributed by atoms with van der Waals surface area (Å²) in [5, 5.41) is 16.7. The lowest BCUT2D eigenvalue weighted by molar-refractivity contribution is -0.0989. The molecule has 6 atom stereocenters. The number of pyridine rings is 1. The maximum absolute atomic E-state index is 13.2. The largest absolute Gasteiger partial charge is 0.377 e. The van der Waals surface area contributed by atoms with E-state index < -0.39 is 11.6 Å². The number of benzene rings is 2. The number of hydrogen-bond donors (Lipinski definition) is 2. The zero-order chi connectivity index (χ0) is 28.4. The predicted molar refractivity (Wildman–Crippen MR) is 160 cm³/mol. The Morgan fingerprint density at radius 2 is 1.90 bits per heavy atom. The highest BCUT2D eigenvalue weighted by atomic mass is 16.7. The summed E-state index contributed by atoms with van der Waals surface area (Å²) in [6.07, 6.45) is 16.7. The standard InChI is InChI=1S/C35H36N2O4/c1-3-34-18-16-24-23-15-13-22(20-21(23)12-14-25(24)29(34)17-19-35(34,40)4-2)37-41-33(39)28-10-7-9-27-31(28)36-30-11-6-5-8-26(30)32(27)38/h2,5-11,20,23-25,29,40H,3,12-19H2,1H3,(H,36,38)/t23?,24-,25-,29+,34+,35+/m1/s1. The molecule has 1 unspecified atom stereocenters. The van der Waals surface area contributed by atoms with Crippen LogP contribution in [0.15, 0.2) is 64.1 Å². The number of nitrogens with zero attached hydrogens (tertiary/aromatic N) is 1. The van der Waals surface area contributed by atoms with Crippen LogP contribution in [0.5, 0.6) is 0 Å². The highest BCUT2D eigenvalue weighted by Crippen LogP contribution is 2.66. The van der Waals surface area contributed by atoms with Crippen LogP contribution in [0.2, 0.25) is 0 Å². The summed E-state index contributed by atoms with van der Waals surface area (Å²) in [6.45, 7) is 2.21. The Hall–Kier alpha value is -3.69. The van der Waals surface area contributed by atoms with Crippen LogP contribution in [-0.4, -0.2) is 27.4 Å². The van der Waals surface area contributed by atoms with Gasteiger partial charge < -0.3 is 14.9 Å². The quantitative estimate of drug-likeness (QED) is 0.169. The summed E-state index contributed by atoms with van der Waals surface area (Å²) in [4.78, 5) is 34.9. The summed E-state index contributed by atoms with van der Waals surface area (Å²) in [7, 11) is 0. The van der Waals surface area contributed by atoms with Crippen LogP contribution in [0.3, 0.4) is 0 Å². The number of aromatic amines is 1. The Morgan fingerprint density at radius 1 is 1.07 bits per heavy atom. The molecule has 3 aromatic rings. The first-order valence-corrected chi connectivity index (χ1v) is 15.1. The minimum Gasteiger partial charge on any atom is -0.377 e. The number of aliphatic hydroxyl groups is 1. The number of allylic oxidation sites excluding steroid dienone is 2. The molecule has 41 heavy (non-hydrogen) atoms. The molecule has 1 heterocycles. The molecule has 6 heteroatoms. The number of para-hydroxylation sites is 2. The molecule has 4 aliphatic carbocycles. The molecule has 0 saturated heterocycles. The lowest BCUT2D eigenvalue weighted by Crippen LogP contribution is -2.53. The summed E-state index contributed by atoms with van der Waals surface area (Å²) in [5.74, 6) is 4.47. The minimum absolute atomic E-state index is 0.116. The number of fused-ring (bicyclic) bond motifs is 7. The van der Waals surface area contributed by atoms with Gasteiger partial charge in [-0.2, -0.15) is 0 Å². The van der Waals surface area contributed by atoms with E-state index in [9.17, 15) is 14.7 Å². The second-order valence-corrected chi connectivity index (χ2v) is 12.6. The number of H-pyrrole nitrogens is 1. The number of carbonyl (C=O) groups excluding carboxylic acids is 1. The van der Waals surface area contributed by atoms with E-state index in [2.05, 4.69) is 29.1 Å². The SMILES string of the molecule is C#C[C@]1(O)CC[C@H]2[C@@H]3CCC4=CC(=NOC(=O)c5cccc6c(=O)c7ccccc7[nH]c56)CCC4[C@H]3CC[C@@]21CC. The number of carbonyl (C=O) groups is 1. The van der Waals surface area contributed by atoms with E-state index in [1.807, 2.05) is 18.2 Å². The van der Waals surface area contributed by atoms with Gasteiger partial charge in [-0.05, 0) is 112 Å². The Bertz CT molecular complexity index is 1730. The van der Waals surface area contributed by atoms with Gasteiger partial charge >= 0.3 is 5.97 Å². The molecule has 0 amide bonds. The van der Waals surface area contributed by atoms with Gasteiger partial charge in [0, 0.05) is 21.7 Å². The van der Waals surface area contributed by atoms with Gasteiger partial charge in [0.15, 0.2) is 5.43 Å². The first-order valence-electron chi connectivity index (χ1n) is 15.1. The monoisotopic (exact) mass is 548 g/mol. The van der Waals surface area contributed by atoms with Crippen molar-refractivity contribution in [3.8, 4) is 12.3 Å². The van der Waals surface area contributed by atoms with Crippen LogP contribution in [0.4, 0.5) is 0 Å². The summed E-state index contributed by atoms with van der Waals surface area (Å²) in [6, 6.07) is 12.4. The van der Waals surface area contributed by atoms with Gasteiger partial charge in [-0.25, -0.2) is 4.79 Å². The van der Waals surface area contributed by atoms with E-state index in [0.717, 1.165) is 63.5 Å². The Morgan fingerprint density at radius 3 is 2.73 bits per heavy atom. The van der Waals surface area contributed by atoms with Crippen molar-refractivity contribution >= 4 is 33.5 Å². The Labute approximate surface area is 239 Å². The molecule has 210 valence electrons. The van der Waals surface area contributed by atoms with Gasteiger partial charge in [0.1, 0.15) is 5.60 Å². The van der Waals surface area contributed by atoms with Crippen LogP contribution in [-0.2, 0) is 4.84 Å². The van der Waals surface area contributed by atoms with Crippen LogP contribution in [0, 0.1) is 41.4 Å². The number of rotatable bonds is 3. The van der Waals surface area contributed by atoms with E-state index in [0.29, 0.717) is 51.0 Å². The van der Waals surface area contributed by atoms with Crippen LogP contribution in [0.1, 0.15) is 75.1 Å². The van der Waals surface area contributed by atoms with Gasteiger partial charge in [-0.15, -0.1) is 6.42 Å². The van der Waals surface area contributed by atoms with Crippen molar-refractivity contribution in [3.63, 3.8) is 0 Å². The summed E-state index contributed by atoms with van der Waals surface area (Å²) >= 11 is 0. The molecule has 0 bridgehead atoms. The van der Waals surface area contributed by atoms with Crippen molar-refractivity contribution in [1.82, 2.24) is 4.98 Å². The third-order valence-electron chi connectivity index (χ3n) is 11.2. The summed E-state index contributed by atoms with van der Waals surface area (Å²) in [5.41, 5.74) is 2.43. The van der Waals surface area contributed by atoms with E-state index in [1.54, 1.807) is 24.3 Å².